The molecule has 0 aliphatic carbocycles. The maximum Gasteiger partial charge on any atom is 0.255 e. The number of aromatic nitrogens is 3. The Balaban J connectivity index is 1.59. The number of carbonyl (C=O) groups is 1. The maximum atomic E-state index is 12.7. The van der Waals surface area contributed by atoms with Crippen LogP contribution >= 0.6 is 0 Å². The van der Waals surface area contributed by atoms with Crippen molar-refractivity contribution in [1.29, 1.82) is 0 Å². The van der Waals surface area contributed by atoms with Crippen molar-refractivity contribution in [3.63, 3.8) is 0 Å². The molecule has 0 spiro atoms. The third-order valence-electron chi connectivity index (χ3n) is 5.05. The number of likely N-dealkylation sites (tertiary alicyclic amines) is 1. The number of amides is 1. The summed E-state index contributed by atoms with van der Waals surface area (Å²) in [5, 5.41) is 5.26. The molecule has 4 rings (SSSR count). The second-order valence-electron chi connectivity index (χ2n) is 6.92. The summed E-state index contributed by atoms with van der Waals surface area (Å²) in [5.74, 6) is 1.42. The van der Waals surface area contributed by atoms with Crippen LogP contribution in [0.25, 0.3) is 11.0 Å². The second-order valence-corrected chi connectivity index (χ2v) is 6.92. The number of ether oxygens (including phenoxy) is 2. The average molecular weight is 381 g/mol. The van der Waals surface area contributed by atoms with E-state index in [-0.39, 0.29) is 11.9 Å². The molecule has 2 aromatic heterocycles. The van der Waals surface area contributed by atoms with Gasteiger partial charge in [-0.05, 0) is 24.6 Å². The molecule has 0 saturated carbocycles. The molecule has 0 radical (unpaired) electrons. The molecule has 0 unspecified atom stereocenters. The molecule has 146 valence electrons. The van der Waals surface area contributed by atoms with E-state index in [2.05, 4.69) is 10.1 Å². The van der Waals surface area contributed by atoms with Crippen LogP contribution in [0.5, 0.6) is 11.5 Å². The largest absolute Gasteiger partial charge is 0.497 e. The summed E-state index contributed by atoms with van der Waals surface area (Å²) in [6, 6.07) is 7.56. The first kappa shape index (κ1) is 18.2. The minimum atomic E-state index is -0.0353. The first-order valence-electron chi connectivity index (χ1n) is 9.16. The van der Waals surface area contributed by atoms with Crippen molar-refractivity contribution in [1.82, 2.24) is 19.7 Å². The molecule has 2 N–H and O–H groups in total. The third kappa shape index (κ3) is 3.38. The molecule has 1 saturated heterocycles. The Morgan fingerprint density at radius 3 is 2.82 bits per heavy atom. The summed E-state index contributed by atoms with van der Waals surface area (Å²) in [6.07, 6.45) is 4.17. The van der Waals surface area contributed by atoms with Crippen LogP contribution in [0.3, 0.4) is 0 Å². The Morgan fingerprint density at radius 1 is 1.25 bits per heavy atom. The lowest BCUT2D eigenvalue weighted by molar-refractivity contribution is 0.0790. The highest BCUT2D eigenvalue weighted by molar-refractivity contribution is 5.97. The van der Waals surface area contributed by atoms with Gasteiger partial charge < -0.3 is 20.1 Å². The zero-order chi connectivity index (χ0) is 19.7. The smallest absolute Gasteiger partial charge is 0.255 e. The highest BCUT2D eigenvalue weighted by Crippen LogP contribution is 2.26. The van der Waals surface area contributed by atoms with Crippen molar-refractivity contribution < 1.29 is 14.3 Å². The van der Waals surface area contributed by atoms with Gasteiger partial charge in [-0.15, -0.1) is 0 Å². The topological polar surface area (TPSA) is 95.5 Å². The van der Waals surface area contributed by atoms with Gasteiger partial charge in [0.05, 0.1) is 32.5 Å². The first-order chi connectivity index (χ1) is 13.6. The monoisotopic (exact) mass is 381 g/mol. The Bertz CT molecular complexity index is 1020. The van der Waals surface area contributed by atoms with Gasteiger partial charge in [-0.2, -0.15) is 5.10 Å². The number of fused-ring (bicyclic) bond motifs is 1. The van der Waals surface area contributed by atoms with Crippen LogP contribution in [0, 0.1) is 0 Å². The summed E-state index contributed by atoms with van der Waals surface area (Å²) in [5.41, 5.74) is 8.14. The molecule has 8 heteroatoms. The van der Waals surface area contributed by atoms with Crippen molar-refractivity contribution in [3.05, 3.63) is 47.8 Å². The van der Waals surface area contributed by atoms with Crippen molar-refractivity contribution >= 4 is 16.9 Å². The van der Waals surface area contributed by atoms with Crippen molar-refractivity contribution in [2.24, 2.45) is 5.73 Å². The van der Waals surface area contributed by atoms with Gasteiger partial charge in [-0.3, -0.25) is 4.79 Å². The zero-order valence-electron chi connectivity index (χ0n) is 16.0. The number of hydrogen-bond donors (Lipinski definition) is 1. The molecule has 3 aromatic rings. The lowest BCUT2D eigenvalue weighted by atomic mass is 10.2. The van der Waals surface area contributed by atoms with Crippen LogP contribution in [0.1, 0.15) is 22.3 Å². The van der Waals surface area contributed by atoms with E-state index in [9.17, 15) is 4.79 Å². The fourth-order valence-corrected chi connectivity index (χ4v) is 3.50. The molecule has 1 atom stereocenters. The number of pyridine rings is 1. The lowest BCUT2D eigenvalue weighted by Gasteiger charge is -2.15. The fourth-order valence-electron chi connectivity index (χ4n) is 3.50. The van der Waals surface area contributed by atoms with Gasteiger partial charge in [0, 0.05) is 42.3 Å². The Labute approximate surface area is 162 Å². The number of nitrogens with zero attached hydrogens (tertiary/aromatic N) is 4. The molecule has 0 bridgehead atoms. The summed E-state index contributed by atoms with van der Waals surface area (Å²) < 4.78 is 12.5. The minimum Gasteiger partial charge on any atom is -0.497 e. The van der Waals surface area contributed by atoms with Crippen molar-refractivity contribution in [3.8, 4) is 11.5 Å². The molecule has 1 amide bonds. The van der Waals surface area contributed by atoms with Crippen LogP contribution < -0.4 is 15.2 Å². The van der Waals surface area contributed by atoms with Crippen LogP contribution in [-0.2, 0) is 6.54 Å². The fraction of sp³-hybridized carbons (Fsp3) is 0.350. The maximum absolute atomic E-state index is 12.7. The third-order valence-corrected chi connectivity index (χ3v) is 5.05. The standard InChI is InChI=1S/C20H23N5O3/c1-27-17-4-3-13(18(8-17)28-2)11-25-19-14(10-23-25)7-15(9-22-19)20(26)24-6-5-16(21)12-24/h3-4,7-10,16H,5-6,11-12,21H2,1-2H3/t16-/m1/s1. The zero-order valence-corrected chi connectivity index (χ0v) is 16.0. The van der Waals surface area contributed by atoms with Crippen LogP contribution in [0.15, 0.2) is 36.7 Å². The Morgan fingerprint density at radius 2 is 2.11 bits per heavy atom. The quantitative estimate of drug-likeness (QED) is 0.722. The molecular formula is C20H23N5O3. The SMILES string of the molecule is COc1ccc(Cn2ncc3cc(C(=O)N4CC[C@@H](N)C4)cnc32)c(OC)c1. The highest BCUT2D eigenvalue weighted by atomic mass is 16.5. The number of benzene rings is 1. The Kier molecular flexibility index (Phi) is 4.87. The molecule has 28 heavy (non-hydrogen) atoms. The lowest BCUT2D eigenvalue weighted by Crippen LogP contribution is -2.31. The van der Waals surface area contributed by atoms with Gasteiger partial charge in [0.2, 0.25) is 0 Å². The Hall–Kier alpha value is -3.13. The average Bonchev–Trinajstić information content (AvgIpc) is 3.33. The summed E-state index contributed by atoms with van der Waals surface area (Å²) >= 11 is 0. The summed E-state index contributed by atoms with van der Waals surface area (Å²) in [7, 11) is 3.24. The summed E-state index contributed by atoms with van der Waals surface area (Å²) in [4.78, 5) is 18.9. The number of carbonyl (C=O) groups excluding carboxylic acids is 1. The molecule has 1 aliphatic rings. The highest BCUT2D eigenvalue weighted by Gasteiger charge is 2.25. The van der Waals surface area contributed by atoms with E-state index in [1.54, 1.807) is 36.2 Å². The van der Waals surface area contributed by atoms with E-state index < -0.39 is 0 Å². The number of hydrogen-bond acceptors (Lipinski definition) is 6. The molecule has 1 aliphatic heterocycles. The molecular weight excluding hydrogens is 358 g/mol. The number of nitrogens with two attached hydrogens (primary N) is 1. The predicted molar refractivity (Wildman–Crippen MR) is 105 cm³/mol. The molecule has 3 heterocycles. The van der Waals surface area contributed by atoms with Gasteiger partial charge in [-0.25, -0.2) is 9.67 Å². The van der Waals surface area contributed by atoms with Crippen molar-refractivity contribution in [2.75, 3.05) is 27.3 Å². The molecule has 1 fully saturated rings. The van der Waals surface area contributed by atoms with Gasteiger partial charge in [-0.1, -0.05) is 0 Å². The summed E-state index contributed by atoms with van der Waals surface area (Å²) in [6.45, 7) is 1.78. The number of methoxy groups -OCH3 is 2. The van der Waals surface area contributed by atoms with Gasteiger partial charge in [0.1, 0.15) is 11.5 Å². The van der Waals surface area contributed by atoms with Gasteiger partial charge in [0.15, 0.2) is 5.65 Å². The van der Waals surface area contributed by atoms with Gasteiger partial charge in [0.25, 0.3) is 5.91 Å². The normalized spacial score (nSPS) is 16.5. The van der Waals surface area contributed by atoms with E-state index >= 15 is 0 Å². The molecule has 8 nitrogen and oxygen atoms in total. The number of rotatable bonds is 5. The van der Waals surface area contributed by atoms with E-state index in [0.717, 1.165) is 28.9 Å². The first-order valence-corrected chi connectivity index (χ1v) is 9.16. The van der Waals surface area contributed by atoms with E-state index in [1.165, 1.54) is 0 Å². The second kappa shape index (κ2) is 7.47. The van der Waals surface area contributed by atoms with E-state index in [4.69, 9.17) is 15.2 Å². The van der Waals surface area contributed by atoms with E-state index in [1.807, 2.05) is 24.3 Å². The van der Waals surface area contributed by atoms with Crippen LogP contribution in [0.2, 0.25) is 0 Å². The van der Waals surface area contributed by atoms with Crippen LogP contribution in [-0.4, -0.2) is 58.9 Å². The van der Waals surface area contributed by atoms with E-state index in [0.29, 0.717) is 30.8 Å². The van der Waals surface area contributed by atoms with Crippen LogP contribution in [0.4, 0.5) is 0 Å². The predicted octanol–water partition coefficient (Wildman–Crippen LogP) is 1.67. The van der Waals surface area contributed by atoms with Gasteiger partial charge >= 0.3 is 0 Å². The molecule has 1 aromatic carbocycles. The minimum absolute atomic E-state index is 0.0353. The van der Waals surface area contributed by atoms with Crippen molar-refractivity contribution in [2.45, 2.75) is 19.0 Å².